The fourth-order valence-electron chi connectivity index (χ4n) is 2.08. The van der Waals surface area contributed by atoms with Crippen molar-refractivity contribution >= 4 is 16.6 Å². The molecule has 82 valence electrons. The van der Waals surface area contributed by atoms with Crippen molar-refractivity contribution in [3.63, 3.8) is 0 Å². The molecule has 3 nitrogen and oxygen atoms in total. The van der Waals surface area contributed by atoms with E-state index in [0.717, 1.165) is 17.8 Å². The largest absolute Gasteiger partial charge is 0.372 e. The summed E-state index contributed by atoms with van der Waals surface area (Å²) in [6, 6.07) is 10.4. The number of aromatic amines is 1. The fraction of sp³-hybridized carbons (Fsp3) is 0.308. The summed E-state index contributed by atoms with van der Waals surface area (Å²) < 4.78 is 0. The van der Waals surface area contributed by atoms with Gasteiger partial charge in [0, 0.05) is 30.2 Å². The lowest BCUT2D eigenvalue weighted by Crippen LogP contribution is -2.18. The lowest BCUT2D eigenvalue weighted by Gasteiger charge is -2.17. The summed E-state index contributed by atoms with van der Waals surface area (Å²) in [5, 5.41) is 9.83. The highest BCUT2D eigenvalue weighted by Crippen LogP contribution is 2.29. The number of H-pyrrole nitrogens is 1. The summed E-state index contributed by atoms with van der Waals surface area (Å²) >= 11 is 0. The van der Waals surface area contributed by atoms with Crippen molar-refractivity contribution in [1.82, 2.24) is 4.98 Å². The normalized spacial score (nSPS) is 10.3. The highest BCUT2D eigenvalue weighted by molar-refractivity contribution is 5.94. The zero-order valence-electron chi connectivity index (χ0n) is 9.62. The zero-order valence-corrected chi connectivity index (χ0v) is 9.62. The van der Waals surface area contributed by atoms with Gasteiger partial charge in [-0.2, -0.15) is 5.26 Å². The quantitative estimate of drug-likeness (QED) is 0.851. The lowest BCUT2D eigenvalue weighted by molar-refractivity contribution is 0.903. The Labute approximate surface area is 95.3 Å². The summed E-state index contributed by atoms with van der Waals surface area (Å²) in [5.41, 5.74) is 3.51. The number of nitrogens with one attached hydrogen (secondary N) is 1. The van der Waals surface area contributed by atoms with Gasteiger partial charge >= 0.3 is 0 Å². The molecule has 0 saturated heterocycles. The molecular weight excluding hydrogens is 198 g/mol. The van der Waals surface area contributed by atoms with E-state index in [2.05, 4.69) is 35.0 Å². The average Bonchev–Trinajstić information content (AvgIpc) is 2.62. The molecule has 0 spiro atoms. The predicted molar refractivity (Wildman–Crippen MR) is 66.5 cm³/mol. The number of hydrogen-bond donors (Lipinski definition) is 1. The van der Waals surface area contributed by atoms with E-state index in [1.54, 1.807) is 0 Å². The van der Waals surface area contributed by atoms with Gasteiger partial charge in [-0.05, 0) is 13.0 Å². The Hall–Kier alpha value is -1.95. The van der Waals surface area contributed by atoms with Crippen LogP contribution in [-0.4, -0.2) is 18.6 Å². The standard InChI is InChI=1S/C13H15N3/c1-10-13(16(2)9-5-8-14)11-6-3-4-7-12(11)15-10/h3-4,6-7,15H,5,9H2,1-2H3. The summed E-state index contributed by atoms with van der Waals surface area (Å²) in [5.74, 6) is 0. The second-order valence-corrected chi connectivity index (χ2v) is 3.97. The molecule has 0 fully saturated rings. The third kappa shape index (κ3) is 1.74. The molecule has 0 amide bonds. The van der Waals surface area contributed by atoms with E-state index in [9.17, 15) is 0 Å². The van der Waals surface area contributed by atoms with Crippen molar-refractivity contribution in [3.8, 4) is 6.07 Å². The molecule has 0 radical (unpaired) electrons. The SMILES string of the molecule is Cc1[nH]c2ccccc2c1N(C)CCC#N. The minimum Gasteiger partial charge on any atom is -0.372 e. The lowest BCUT2D eigenvalue weighted by atomic mass is 10.2. The van der Waals surface area contributed by atoms with Gasteiger partial charge in [0.25, 0.3) is 0 Å². The van der Waals surface area contributed by atoms with Crippen molar-refractivity contribution in [2.24, 2.45) is 0 Å². The van der Waals surface area contributed by atoms with Gasteiger partial charge in [-0.15, -0.1) is 0 Å². The number of fused-ring (bicyclic) bond motifs is 1. The van der Waals surface area contributed by atoms with Crippen LogP contribution in [0.5, 0.6) is 0 Å². The Kier molecular flexibility index (Phi) is 2.82. The zero-order chi connectivity index (χ0) is 11.5. The molecule has 0 saturated carbocycles. The van der Waals surface area contributed by atoms with Gasteiger partial charge in [0.2, 0.25) is 0 Å². The van der Waals surface area contributed by atoms with E-state index >= 15 is 0 Å². The first-order valence-corrected chi connectivity index (χ1v) is 5.39. The Balaban J connectivity index is 2.43. The van der Waals surface area contributed by atoms with E-state index in [4.69, 9.17) is 5.26 Å². The minimum atomic E-state index is 0.551. The van der Waals surface area contributed by atoms with E-state index in [1.165, 1.54) is 11.1 Å². The molecule has 0 aliphatic heterocycles. The van der Waals surface area contributed by atoms with Gasteiger partial charge in [0.05, 0.1) is 18.2 Å². The molecule has 1 aromatic heterocycles. The summed E-state index contributed by atoms with van der Waals surface area (Å²) in [7, 11) is 2.03. The van der Waals surface area contributed by atoms with Gasteiger partial charge in [-0.3, -0.25) is 0 Å². The minimum absolute atomic E-state index is 0.551. The van der Waals surface area contributed by atoms with E-state index < -0.39 is 0 Å². The maximum absolute atomic E-state index is 8.61. The monoisotopic (exact) mass is 213 g/mol. The molecule has 3 heteroatoms. The van der Waals surface area contributed by atoms with E-state index in [1.807, 2.05) is 19.2 Å². The molecule has 1 aromatic carbocycles. The van der Waals surface area contributed by atoms with Crippen LogP contribution in [0.3, 0.4) is 0 Å². The molecule has 0 bridgehead atoms. The van der Waals surface area contributed by atoms with Crippen LogP contribution >= 0.6 is 0 Å². The summed E-state index contributed by atoms with van der Waals surface area (Å²) in [4.78, 5) is 5.50. The van der Waals surface area contributed by atoms with E-state index in [0.29, 0.717) is 6.42 Å². The molecule has 1 heterocycles. The topological polar surface area (TPSA) is 42.8 Å². The Morgan fingerprint density at radius 2 is 2.12 bits per heavy atom. The maximum Gasteiger partial charge on any atom is 0.0651 e. The second kappa shape index (κ2) is 4.28. The van der Waals surface area contributed by atoms with Crippen LogP contribution < -0.4 is 4.90 Å². The number of aromatic nitrogens is 1. The number of nitrogens with zero attached hydrogens (tertiary/aromatic N) is 2. The number of para-hydroxylation sites is 1. The third-order valence-corrected chi connectivity index (χ3v) is 2.80. The van der Waals surface area contributed by atoms with Crippen LogP contribution in [0.4, 0.5) is 5.69 Å². The number of rotatable bonds is 3. The highest BCUT2D eigenvalue weighted by Gasteiger charge is 2.11. The molecule has 0 aliphatic carbocycles. The van der Waals surface area contributed by atoms with Crippen LogP contribution in [0.1, 0.15) is 12.1 Å². The Morgan fingerprint density at radius 3 is 2.88 bits per heavy atom. The first-order valence-electron chi connectivity index (χ1n) is 5.39. The molecule has 0 atom stereocenters. The maximum atomic E-state index is 8.61. The van der Waals surface area contributed by atoms with Gasteiger partial charge < -0.3 is 9.88 Å². The molecule has 0 unspecified atom stereocenters. The molecule has 16 heavy (non-hydrogen) atoms. The van der Waals surface area contributed by atoms with E-state index in [-0.39, 0.29) is 0 Å². The van der Waals surface area contributed by atoms with Crippen LogP contribution in [0, 0.1) is 18.3 Å². The first-order chi connectivity index (χ1) is 7.74. The van der Waals surface area contributed by atoms with Gasteiger partial charge in [-0.25, -0.2) is 0 Å². The van der Waals surface area contributed by atoms with Crippen molar-refractivity contribution in [3.05, 3.63) is 30.0 Å². The smallest absolute Gasteiger partial charge is 0.0651 e. The van der Waals surface area contributed by atoms with Crippen LogP contribution in [0.25, 0.3) is 10.9 Å². The summed E-state index contributed by atoms with van der Waals surface area (Å²) in [6.07, 6.45) is 0.551. The van der Waals surface area contributed by atoms with Crippen LogP contribution in [0.2, 0.25) is 0 Å². The number of aryl methyl sites for hydroxylation is 1. The van der Waals surface area contributed by atoms with Crippen LogP contribution in [-0.2, 0) is 0 Å². The van der Waals surface area contributed by atoms with Crippen molar-refractivity contribution < 1.29 is 0 Å². The van der Waals surface area contributed by atoms with Crippen LogP contribution in [0.15, 0.2) is 24.3 Å². The predicted octanol–water partition coefficient (Wildman–Crippen LogP) is 2.83. The number of nitriles is 1. The third-order valence-electron chi connectivity index (χ3n) is 2.80. The van der Waals surface area contributed by atoms with Crippen molar-refractivity contribution in [1.29, 1.82) is 5.26 Å². The second-order valence-electron chi connectivity index (χ2n) is 3.97. The number of hydrogen-bond acceptors (Lipinski definition) is 2. The van der Waals surface area contributed by atoms with Gasteiger partial charge in [0.15, 0.2) is 0 Å². The average molecular weight is 213 g/mol. The molecule has 0 aliphatic rings. The Bertz CT molecular complexity index is 534. The Morgan fingerprint density at radius 1 is 1.38 bits per heavy atom. The molecule has 1 N–H and O–H groups in total. The summed E-state index contributed by atoms with van der Waals surface area (Å²) in [6.45, 7) is 2.83. The molecule has 2 rings (SSSR count). The molecule has 2 aromatic rings. The highest BCUT2D eigenvalue weighted by atomic mass is 15.1. The number of benzene rings is 1. The van der Waals surface area contributed by atoms with Gasteiger partial charge in [0.1, 0.15) is 0 Å². The fourth-order valence-corrected chi connectivity index (χ4v) is 2.08. The van der Waals surface area contributed by atoms with Crippen molar-refractivity contribution in [2.75, 3.05) is 18.5 Å². The first kappa shape index (κ1) is 10.6. The van der Waals surface area contributed by atoms with Gasteiger partial charge in [-0.1, -0.05) is 18.2 Å². The number of anilines is 1. The molecular formula is C13H15N3. The van der Waals surface area contributed by atoms with Crippen molar-refractivity contribution in [2.45, 2.75) is 13.3 Å².